The van der Waals surface area contributed by atoms with Gasteiger partial charge in [0.2, 0.25) is 0 Å². The van der Waals surface area contributed by atoms with Crippen LogP contribution in [-0.2, 0) is 11.8 Å². The Kier molecular flexibility index (Phi) is 6.03. The summed E-state index contributed by atoms with van der Waals surface area (Å²) >= 11 is 0. The molecule has 34 heavy (non-hydrogen) atoms. The number of amides is 1. The molecule has 2 heterocycles. The number of nitrogens with zero attached hydrogens (tertiary/aromatic N) is 4. The Morgan fingerprint density at radius 3 is 2.53 bits per heavy atom. The van der Waals surface area contributed by atoms with Gasteiger partial charge in [0.15, 0.2) is 5.52 Å². The largest absolute Gasteiger partial charge is 0.472 e. The van der Waals surface area contributed by atoms with Crippen LogP contribution in [0.4, 0.5) is 11.5 Å². The summed E-state index contributed by atoms with van der Waals surface area (Å²) in [6.45, 7) is 5.89. The molecule has 3 aromatic rings. The first kappa shape index (κ1) is 22.5. The van der Waals surface area contributed by atoms with Crippen molar-refractivity contribution in [2.24, 2.45) is 7.05 Å². The molecule has 0 saturated heterocycles. The van der Waals surface area contributed by atoms with E-state index in [2.05, 4.69) is 42.9 Å². The molecule has 0 atom stereocenters. The third-order valence-electron chi connectivity index (χ3n) is 7.05. The van der Waals surface area contributed by atoms with Gasteiger partial charge in [0, 0.05) is 7.05 Å². The number of hydrogen-bond donors (Lipinski definition) is 0. The van der Waals surface area contributed by atoms with E-state index in [9.17, 15) is 4.79 Å². The van der Waals surface area contributed by atoms with Crippen LogP contribution < -0.4 is 9.64 Å². The van der Waals surface area contributed by atoms with E-state index in [-0.39, 0.29) is 12.0 Å². The molecule has 6 heteroatoms. The molecule has 2 aliphatic rings. The number of aromatic nitrogens is 3. The van der Waals surface area contributed by atoms with Crippen LogP contribution in [0.15, 0.2) is 24.3 Å². The number of aryl methyl sites for hydroxylation is 3. The minimum atomic E-state index is -0.279. The van der Waals surface area contributed by atoms with Crippen LogP contribution >= 0.6 is 0 Å². The number of carbonyl (C=O) groups is 1. The maximum absolute atomic E-state index is 13.3. The molecule has 0 aliphatic heterocycles. The van der Waals surface area contributed by atoms with Gasteiger partial charge >= 0.3 is 5.91 Å². The molecule has 2 fully saturated rings. The molecular weight excluding hydrogens is 424 g/mol. The predicted molar refractivity (Wildman–Crippen MR) is 134 cm³/mol. The molecule has 2 saturated carbocycles. The van der Waals surface area contributed by atoms with Crippen molar-refractivity contribution in [2.45, 2.75) is 77.7 Å². The standard InChI is InChI=1S/C28H32N4O2/c1-5-9-26(33)32(24-17-19(3)18(2)16-22(24)20-12-13-20)25-15-14-23-27(29-25)28(30-31(23)4)34-21-10-7-6-8-11-21/h14-17,20-21H,6-8,10-13H2,1-4H3. The highest BCUT2D eigenvalue weighted by Gasteiger charge is 2.31. The molecule has 176 valence electrons. The van der Waals surface area contributed by atoms with Gasteiger partial charge in [0.1, 0.15) is 11.9 Å². The third kappa shape index (κ3) is 4.27. The Hall–Kier alpha value is -3.33. The maximum atomic E-state index is 13.3. The molecule has 2 aliphatic carbocycles. The average molecular weight is 457 g/mol. The van der Waals surface area contributed by atoms with Gasteiger partial charge in [-0.05, 0) is 106 Å². The molecule has 0 N–H and O–H groups in total. The summed E-state index contributed by atoms with van der Waals surface area (Å²) < 4.78 is 8.12. The van der Waals surface area contributed by atoms with Gasteiger partial charge in [-0.3, -0.25) is 14.4 Å². The number of hydrogen-bond acceptors (Lipinski definition) is 4. The Bertz CT molecular complexity index is 1300. The van der Waals surface area contributed by atoms with Gasteiger partial charge in [-0.15, -0.1) is 5.10 Å². The smallest absolute Gasteiger partial charge is 0.308 e. The van der Waals surface area contributed by atoms with Crippen LogP contribution in [0.2, 0.25) is 0 Å². The van der Waals surface area contributed by atoms with E-state index in [0.29, 0.717) is 23.1 Å². The van der Waals surface area contributed by atoms with Crippen molar-refractivity contribution >= 4 is 28.4 Å². The van der Waals surface area contributed by atoms with Gasteiger partial charge in [0.25, 0.3) is 5.88 Å². The summed E-state index contributed by atoms with van der Waals surface area (Å²) in [6, 6.07) is 8.18. The van der Waals surface area contributed by atoms with Crippen molar-refractivity contribution in [3.05, 3.63) is 41.0 Å². The lowest BCUT2D eigenvalue weighted by Gasteiger charge is -2.24. The van der Waals surface area contributed by atoms with E-state index in [1.54, 1.807) is 16.5 Å². The number of pyridine rings is 1. The van der Waals surface area contributed by atoms with Crippen molar-refractivity contribution < 1.29 is 9.53 Å². The van der Waals surface area contributed by atoms with Crippen LogP contribution in [0.3, 0.4) is 0 Å². The summed E-state index contributed by atoms with van der Waals surface area (Å²) in [4.78, 5) is 20.0. The molecule has 5 rings (SSSR count). The molecule has 0 bridgehead atoms. The Labute approximate surface area is 201 Å². The molecule has 0 unspecified atom stereocenters. The fourth-order valence-corrected chi connectivity index (χ4v) is 4.88. The van der Waals surface area contributed by atoms with Gasteiger partial charge in [-0.25, -0.2) is 4.98 Å². The molecule has 6 nitrogen and oxygen atoms in total. The lowest BCUT2D eigenvalue weighted by atomic mass is 9.98. The quantitative estimate of drug-likeness (QED) is 0.451. The molecule has 1 amide bonds. The zero-order chi connectivity index (χ0) is 23.8. The van der Waals surface area contributed by atoms with E-state index in [1.165, 1.54) is 30.4 Å². The minimum Gasteiger partial charge on any atom is -0.472 e. The summed E-state index contributed by atoms with van der Waals surface area (Å²) in [7, 11) is 1.90. The minimum absolute atomic E-state index is 0.169. The van der Waals surface area contributed by atoms with Crippen LogP contribution in [0.1, 0.15) is 74.5 Å². The van der Waals surface area contributed by atoms with Gasteiger partial charge in [-0.1, -0.05) is 18.4 Å². The van der Waals surface area contributed by atoms with Gasteiger partial charge < -0.3 is 4.74 Å². The topological polar surface area (TPSA) is 60.3 Å². The highest BCUT2D eigenvalue weighted by Crippen LogP contribution is 2.46. The Morgan fingerprint density at radius 1 is 1.09 bits per heavy atom. The Balaban J connectivity index is 1.62. The number of fused-ring (bicyclic) bond motifs is 1. The summed E-state index contributed by atoms with van der Waals surface area (Å²) in [5.41, 5.74) is 6.02. The highest BCUT2D eigenvalue weighted by molar-refractivity contribution is 6.11. The van der Waals surface area contributed by atoms with Crippen LogP contribution in [0.25, 0.3) is 11.0 Å². The van der Waals surface area contributed by atoms with Crippen molar-refractivity contribution in [3.63, 3.8) is 0 Å². The molecular formula is C28H32N4O2. The first-order valence-electron chi connectivity index (χ1n) is 12.3. The lowest BCUT2D eigenvalue weighted by Crippen LogP contribution is -2.26. The van der Waals surface area contributed by atoms with Crippen molar-refractivity contribution in [1.29, 1.82) is 0 Å². The first-order valence-corrected chi connectivity index (χ1v) is 12.3. The van der Waals surface area contributed by atoms with Crippen molar-refractivity contribution in [1.82, 2.24) is 14.8 Å². The summed E-state index contributed by atoms with van der Waals surface area (Å²) in [6.07, 6.45) is 8.17. The fourth-order valence-electron chi connectivity index (χ4n) is 4.88. The number of benzene rings is 1. The normalized spacial score (nSPS) is 16.2. The average Bonchev–Trinajstić information content (AvgIpc) is 3.62. The van der Waals surface area contributed by atoms with Gasteiger partial charge in [0.05, 0.1) is 11.2 Å². The summed E-state index contributed by atoms with van der Waals surface area (Å²) in [5, 5.41) is 4.62. The van der Waals surface area contributed by atoms with E-state index < -0.39 is 0 Å². The van der Waals surface area contributed by atoms with Crippen LogP contribution in [0, 0.1) is 25.7 Å². The number of carbonyl (C=O) groups excluding carboxylic acids is 1. The molecule has 0 radical (unpaired) electrons. The fraction of sp³-hybridized carbons (Fsp3) is 0.464. The molecule has 1 aromatic carbocycles. The van der Waals surface area contributed by atoms with Crippen molar-refractivity contribution in [2.75, 3.05) is 4.90 Å². The second-order valence-corrected chi connectivity index (χ2v) is 9.63. The lowest BCUT2D eigenvalue weighted by molar-refractivity contribution is -0.112. The monoisotopic (exact) mass is 456 g/mol. The molecule has 2 aromatic heterocycles. The third-order valence-corrected chi connectivity index (χ3v) is 7.05. The van der Waals surface area contributed by atoms with E-state index >= 15 is 0 Å². The SMILES string of the molecule is CC#CC(=O)N(c1ccc2c(n1)c(OC1CCCCC1)nn2C)c1cc(C)c(C)cc1C1CC1. The predicted octanol–water partition coefficient (Wildman–Crippen LogP) is 5.86. The van der Waals surface area contributed by atoms with Crippen LogP contribution in [-0.4, -0.2) is 26.8 Å². The second kappa shape index (κ2) is 9.13. The number of ether oxygens (including phenoxy) is 1. The number of rotatable bonds is 5. The summed E-state index contributed by atoms with van der Waals surface area (Å²) in [5.74, 6) is 6.81. The van der Waals surface area contributed by atoms with Gasteiger partial charge in [-0.2, -0.15) is 0 Å². The maximum Gasteiger partial charge on any atom is 0.308 e. The zero-order valence-corrected chi connectivity index (χ0v) is 20.5. The Morgan fingerprint density at radius 2 is 1.82 bits per heavy atom. The van der Waals surface area contributed by atoms with Crippen molar-refractivity contribution in [3.8, 4) is 17.7 Å². The van der Waals surface area contributed by atoms with Crippen LogP contribution in [0.5, 0.6) is 5.88 Å². The highest BCUT2D eigenvalue weighted by atomic mass is 16.5. The second-order valence-electron chi connectivity index (χ2n) is 9.63. The molecule has 0 spiro atoms. The van der Waals surface area contributed by atoms with E-state index in [0.717, 1.165) is 42.5 Å². The zero-order valence-electron chi connectivity index (χ0n) is 20.5. The number of anilines is 2. The van der Waals surface area contributed by atoms with E-state index in [1.807, 2.05) is 19.2 Å². The first-order chi connectivity index (χ1) is 16.5. The van der Waals surface area contributed by atoms with E-state index in [4.69, 9.17) is 9.72 Å².